The van der Waals surface area contributed by atoms with E-state index in [-0.39, 0.29) is 12.0 Å². The summed E-state index contributed by atoms with van der Waals surface area (Å²) >= 11 is 11.7. The van der Waals surface area contributed by atoms with Crippen LogP contribution >= 0.6 is 23.2 Å². The molecule has 1 aliphatic heterocycles. The fourth-order valence-corrected chi connectivity index (χ4v) is 2.38. The molecule has 0 radical (unpaired) electrons. The summed E-state index contributed by atoms with van der Waals surface area (Å²) in [5.74, 6) is 0.651. The van der Waals surface area contributed by atoms with Crippen LogP contribution in [0.4, 0.5) is 0 Å². The number of benzene rings is 1. The first-order chi connectivity index (χ1) is 9.56. The van der Waals surface area contributed by atoms with E-state index in [0.29, 0.717) is 54.8 Å². The normalized spacial score (nSPS) is 16.2. The van der Waals surface area contributed by atoms with Crippen LogP contribution in [0.25, 0.3) is 0 Å². The maximum atomic E-state index is 11.9. The van der Waals surface area contributed by atoms with Gasteiger partial charge >= 0.3 is 0 Å². The Balaban J connectivity index is 1.75. The van der Waals surface area contributed by atoms with Crippen LogP contribution in [-0.4, -0.2) is 41.7 Å². The van der Waals surface area contributed by atoms with E-state index in [1.807, 2.05) is 0 Å². The number of likely N-dealkylation sites (tertiary alicyclic amines) is 1. The fraction of sp³-hybridized carbons (Fsp3) is 0.500. The molecule has 6 heteroatoms. The summed E-state index contributed by atoms with van der Waals surface area (Å²) in [5, 5.41) is 10.3. The summed E-state index contributed by atoms with van der Waals surface area (Å²) in [6, 6.07) is 5.01. The Hall–Kier alpha value is -0.970. The molecule has 1 N–H and O–H groups in total. The molecule has 2 rings (SSSR count). The molecule has 1 aliphatic rings. The molecule has 0 aromatic heterocycles. The molecule has 0 bridgehead atoms. The van der Waals surface area contributed by atoms with Crippen molar-refractivity contribution in [2.24, 2.45) is 0 Å². The minimum absolute atomic E-state index is 0.0527. The lowest BCUT2D eigenvalue weighted by Crippen LogP contribution is -2.40. The zero-order valence-electron chi connectivity index (χ0n) is 11.0. The van der Waals surface area contributed by atoms with Crippen molar-refractivity contribution in [2.45, 2.75) is 25.4 Å². The number of piperidine rings is 1. The maximum absolute atomic E-state index is 11.9. The Morgan fingerprint density at radius 1 is 1.30 bits per heavy atom. The Bertz CT molecular complexity index is 473. The second-order valence-electron chi connectivity index (χ2n) is 4.79. The van der Waals surface area contributed by atoms with Gasteiger partial charge in [0.25, 0.3) is 0 Å². The van der Waals surface area contributed by atoms with Gasteiger partial charge in [0.2, 0.25) is 5.91 Å². The van der Waals surface area contributed by atoms with Gasteiger partial charge in [-0.2, -0.15) is 0 Å². The summed E-state index contributed by atoms with van der Waals surface area (Å²) in [4.78, 5) is 13.7. The number of carbonyl (C=O) groups is 1. The van der Waals surface area contributed by atoms with Crippen LogP contribution < -0.4 is 4.74 Å². The lowest BCUT2D eigenvalue weighted by molar-refractivity contribution is -0.133. The van der Waals surface area contributed by atoms with Gasteiger partial charge in [-0.3, -0.25) is 4.79 Å². The number of hydrogen-bond acceptors (Lipinski definition) is 3. The summed E-state index contributed by atoms with van der Waals surface area (Å²) in [6.07, 6.45) is 1.35. The average molecular weight is 318 g/mol. The summed E-state index contributed by atoms with van der Waals surface area (Å²) < 4.78 is 5.48. The van der Waals surface area contributed by atoms with Crippen LogP contribution in [0.1, 0.15) is 19.3 Å². The third-order valence-electron chi connectivity index (χ3n) is 3.29. The molecule has 0 spiro atoms. The molecule has 0 atom stereocenters. The highest BCUT2D eigenvalue weighted by Gasteiger charge is 2.20. The van der Waals surface area contributed by atoms with Crippen molar-refractivity contribution in [2.75, 3.05) is 19.7 Å². The lowest BCUT2D eigenvalue weighted by Gasteiger charge is -2.29. The number of ether oxygens (including phenoxy) is 1. The SMILES string of the molecule is O=C(CCOc1ccc(Cl)c(Cl)c1)N1CCC(O)CC1. The predicted molar refractivity (Wildman–Crippen MR) is 78.4 cm³/mol. The smallest absolute Gasteiger partial charge is 0.226 e. The third-order valence-corrected chi connectivity index (χ3v) is 4.03. The minimum atomic E-state index is -0.272. The van der Waals surface area contributed by atoms with Gasteiger partial charge in [0, 0.05) is 19.2 Å². The molecule has 0 saturated carbocycles. The van der Waals surface area contributed by atoms with E-state index in [2.05, 4.69) is 0 Å². The molecule has 20 heavy (non-hydrogen) atoms. The van der Waals surface area contributed by atoms with E-state index in [4.69, 9.17) is 27.9 Å². The number of hydrogen-bond donors (Lipinski definition) is 1. The summed E-state index contributed by atoms with van der Waals surface area (Å²) in [6.45, 7) is 1.54. The largest absolute Gasteiger partial charge is 0.493 e. The minimum Gasteiger partial charge on any atom is -0.493 e. The number of carbonyl (C=O) groups excluding carboxylic acids is 1. The van der Waals surface area contributed by atoms with Crippen LogP contribution in [-0.2, 0) is 4.79 Å². The Morgan fingerprint density at radius 2 is 2.00 bits per heavy atom. The summed E-state index contributed by atoms with van der Waals surface area (Å²) in [7, 11) is 0. The van der Waals surface area contributed by atoms with E-state index in [9.17, 15) is 9.90 Å². The standard InChI is InChI=1S/C14H17Cl2NO3/c15-12-2-1-11(9-13(12)16)20-8-5-14(19)17-6-3-10(18)4-7-17/h1-2,9-10,18H,3-8H2. The molecule has 110 valence electrons. The highest BCUT2D eigenvalue weighted by molar-refractivity contribution is 6.42. The Morgan fingerprint density at radius 3 is 2.65 bits per heavy atom. The van der Waals surface area contributed by atoms with Crippen molar-refractivity contribution in [3.8, 4) is 5.75 Å². The first-order valence-electron chi connectivity index (χ1n) is 6.60. The van der Waals surface area contributed by atoms with Gasteiger partial charge in [-0.25, -0.2) is 0 Å². The number of rotatable bonds is 4. The van der Waals surface area contributed by atoms with Gasteiger partial charge in [-0.1, -0.05) is 23.2 Å². The zero-order chi connectivity index (χ0) is 14.5. The van der Waals surface area contributed by atoms with E-state index >= 15 is 0 Å². The van der Waals surface area contributed by atoms with Crippen molar-refractivity contribution >= 4 is 29.1 Å². The van der Waals surface area contributed by atoms with Crippen molar-refractivity contribution in [1.29, 1.82) is 0 Å². The van der Waals surface area contributed by atoms with Gasteiger partial charge in [0.15, 0.2) is 0 Å². The number of halogens is 2. The van der Waals surface area contributed by atoms with E-state index < -0.39 is 0 Å². The zero-order valence-corrected chi connectivity index (χ0v) is 12.5. The molecule has 4 nitrogen and oxygen atoms in total. The number of nitrogens with zero attached hydrogens (tertiary/aromatic N) is 1. The van der Waals surface area contributed by atoms with Crippen LogP contribution in [0, 0.1) is 0 Å². The molecule has 0 aliphatic carbocycles. The van der Waals surface area contributed by atoms with Crippen molar-refractivity contribution < 1.29 is 14.6 Å². The topological polar surface area (TPSA) is 49.8 Å². The van der Waals surface area contributed by atoms with Crippen molar-refractivity contribution in [1.82, 2.24) is 4.90 Å². The molecule has 1 amide bonds. The maximum Gasteiger partial charge on any atom is 0.226 e. The number of amides is 1. The van der Waals surface area contributed by atoms with Gasteiger partial charge in [0.05, 0.1) is 29.2 Å². The first kappa shape index (κ1) is 15.4. The molecule has 1 aromatic carbocycles. The van der Waals surface area contributed by atoms with Gasteiger partial charge in [-0.05, 0) is 25.0 Å². The van der Waals surface area contributed by atoms with E-state index in [1.54, 1.807) is 23.1 Å². The molecule has 1 saturated heterocycles. The lowest BCUT2D eigenvalue weighted by atomic mass is 10.1. The number of aliphatic hydroxyl groups excluding tert-OH is 1. The van der Waals surface area contributed by atoms with Gasteiger partial charge in [0.1, 0.15) is 5.75 Å². The molecule has 1 heterocycles. The Labute approximate surface area is 128 Å². The van der Waals surface area contributed by atoms with Gasteiger partial charge < -0.3 is 14.7 Å². The predicted octanol–water partition coefficient (Wildman–Crippen LogP) is 2.75. The first-order valence-corrected chi connectivity index (χ1v) is 7.35. The molecule has 0 unspecified atom stereocenters. The van der Waals surface area contributed by atoms with E-state index in [1.165, 1.54) is 0 Å². The highest BCUT2D eigenvalue weighted by Crippen LogP contribution is 2.26. The van der Waals surface area contributed by atoms with Crippen molar-refractivity contribution in [3.05, 3.63) is 28.2 Å². The summed E-state index contributed by atoms with van der Waals surface area (Å²) in [5.41, 5.74) is 0. The second-order valence-corrected chi connectivity index (χ2v) is 5.60. The monoisotopic (exact) mass is 317 g/mol. The third kappa shape index (κ3) is 4.27. The highest BCUT2D eigenvalue weighted by atomic mass is 35.5. The van der Waals surface area contributed by atoms with Crippen LogP contribution in [0.3, 0.4) is 0 Å². The fourth-order valence-electron chi connectivity index (χ4n) is 2.10. The molecule has 1 aromatic rings. The van der Waals surface area contributed by atoms with Crippen LogP contribution in [0.5, 0.6) is 5.75 Å². The molecular weight excluding hydrogens is 301 g/mol. The molecule has 1 fully saturated rings. The quantitative estimate of drug-likeness (QED) is 0.929. The van der Waals surface area contributed by atoms with Crippen LogP contribution in [0.15, 0.2) is 18.2 Å². The average Bonchev–Trinajstić information content (AvgIpc) is 2.43. The second kappa shape index (κ2) is 7.16. The van der Waals surface area contributed by atoms with Crippen molar-refractivity contribution in [3.63, 3.8) is 0 Å². The molecular formula is C14H17Cl2NO3. The van der Waals surface area contributed by atoms with E-state index in [0.717, 1.165) is 0 Å². The van der Waals surface area contributed by atoms with Gasteiger partial charge in [-0.15, -0.1) is 0 Å². The van der Waals surface area contributed by atoms with Crippen LogP contribution in [0.2, 0.25) is 10.0 Å². The number of aliphatic hydroxyl groups is 1. The Kier molecular flexibility index (Phi) is 5.52.